The molecule has 0 spiro atoms. The summed E-state index contributed by atoms with van der Waals surface area (Å²) in [4.78, 5) is 12.5. The molecule has 28 heavy (non-hydrogen) atoms. The summed E-state index contributed by atoms with van der Waals surface area (Å²) < 4.78 is 33.1. The minimum Gasteiger partial charge on any atom is -0.466 e. The lowest BCUT2D eigenvalue weighted by molar-refractivity contribution is -0.121. The molecule has 7 heteroatoms. The summed E-state index contributed by atoms with van der Waals surface area (Å²) in [6.45, 7) is 5.66. The van der Waals surface area contributed by atoms with Gasteiger partial charge in [-0.1, -0.05) is 6.07 Å². The van der Waals surface area contributed by atoms with Gasteiger partial charge < -0.3 is 9.73 Å². The zero-order valence-electron chi connectivity index (χ0n) is 16.7. The summed E-state index contributed by atoms with van der Waals surface area (Å²) in [6.07, 6.45) is 4.26. The van der Waals surface area contributed by atoms with Crippen molar-refractivity contribution < 1.29 is 17.6 Å². The first kappa shape index (κ1) is 20.6. The van der Waals surface area contributed by atoms with E-state index in [9.17, 15) is 13.2 Å². The third kappa shape index (κ3) is 4.83. The van der Waals surface area contributed by atoms with E-state index in [0.717, 1.165) is 48.3 Å². The lowest BCUT2D eigenvalue weighted by Gasteiger charge is -2.17. The second-order valence-electron chi connectivity index (χ2n) is 7.44. The number of hydrogen-bond acceptors (Lipinski definition) is 4. The van der Waals surface area contributed by atoms with Gasteiger partial charge in [-0.15, -0.1) is 0 Å². The van der Waals surface area contributed by atoms with Crippen LogP contribution in [0.3, 0.4) is 0 Å². The van der Waals surface area contributed by atoms with Crippen molar-refractivity contribution in [3.8, 4) is 0 Å². The molecular weight excluding hydrogens is 376 g/mol. The minimum absolute atomic E-state index is 0.0569. The van der Waals surface area contributed by atoms with E-state index in [2.05, 4.69) is 10.0 Å². The zero-order valence-corrected chi connectivity index (χ0v) is 17.5. The fourth-order valence-corrected chi connectivity index (χ4v) is 4.81. The molecule has 1 amide bonds. The van der Waals surface area contributed by atoms with Gasteiger partial charge in [-0.05, 0) is 75.8 Å². The van der Waals surface area contributed by atoms with E-state index in [1.54, 1.807) is 12.1 Å². The van der Waals surface area contributed by atoms with Gasteiger partial charge in [-0.2, -0.15) is 0 Å². The number of carbonyl (C=O) groups is 1. The number of aryl methyl sites for hydroxylation is 4. The molecule has 6 nitrogen and oxygen atoms in total. The Labute approximate surface area is 166 Å². The standard InChI is InChI=1S/C21H28N2O4S/c1-14-12-20(16(3)27-14)15(2)23-21(24)10-11-22-28(25,26)19-9-8-17-6-4-5-7-18(17)13-19/h8-9,12-13,15,22H,4-7,10-11H2,1-3H3,(H,23,24). The molecular formula is C21H28N2O4S. The van der Waals surface area contributed by atoms with Crippen LogP contribution in [0.2, 0.25) is 0 Å². The van der Waals surface area contributed by atoms with Crippen molar-refractivity contribution in [1.29, 1.82) is 0 Å². The Bertz CT molecular complexity index is 963. The Balaban J connectivity index is 1.53. The van der Waals surface area contributed by atoms with Crippen LogP contribution in [0.25, 0.3) is 0 Å². The van der Waals surface area contributed by atoms with Crippen LogP contribution in [0.15, 0.2) is 33.6 Å². The number of benzene rings is 1. The molecule has 3 rings (SSSR count). The second-order valence-corrected chi connectivity index (χ2v) is 9.21. The molecule has 2 N–H and O–H groups in total. The first-order chi connectivity index (χ1) is 13.3. The molecule has 0 radical (unpaired) electrons. The van der Waals surface area contributed by atoms with Crippen LogP contribution in [0.4, 0.5) is 0 Å². The van der Waals surface area contributed by atoms with Crippen LogP contribution in [-0.4, -0.2) is 20.9 Å². The highest BCUT2D eigenvalue weighted by atomic mass is 32.2. The molecule has 1 heterocycles. The number of sulfonamides is 1. The fraction of sp³-hybridized carbons (Fsp3) is 0.476. The summed E-state index contributed by atoms with van der Waals surface area (Å²) >= 11 is 0. The minimum atomic E-state index is -3.62. The number of furan rings is 1. The average molecular weight is 405 g/mol. The summed E-state index contributed by atoms with van der Waals surface area (Å²) in [5.74, 6) is 1.36. The van der Waals surface area contributed by atoms with Crippen molar-refractivity contribution in [3.63, 3.8) is 0 Å². The normalized spacial score (nSPS) is 15.1. The van der Waals surface area contributed by atoms with E-state index in [0.29, 0.717) is 0 Å². The lowest BCUT2D eigenvalue weighted by atomic mass is 9.92. The number of nitrogens with one attached hydrogen (secondary N) is 2. The number of fused-ring (bicyclic) bond motifs is 1. The van der Waals surface area contributed by atoms with Gasteiger partial charge in [0.2, 0.25) is 15.9 Å². The van der Waals surface area contributed by atoms with Crippen molar-refractivity contribution in [1.82, 2.24) is 10.0 Å². The molecule has 1 unspecified atom stereocenters. The highest BCUT2D eigenvalue weighted by Crippen LogP contribution is 2.24. The maximum Gasteiger partial charge on any atom is 0.240 e. The van der Waals surface area contributed by atoms with Gasteiger partial charge in [0.15, 0.2) is 0 Å². The summed E-state index contributed by atoms with van der Waals surface area (Å²) in [5, 5.41) is 2.88. The molecule has 1 aliphatic carbocycles. The van der Waals surface area contributed by atoms with Gasteiger partial charge >= 0.3 is 0 Å². The van der Waals surface area contributed by atoms with E-state index in [-0.39, 0.29) is 29.8 Å². The Morgan fingerprint density at radius 2 is 1.86 bits per heavy atom. The van der Waals surface area contributed by atoms with E-state index >= 15 is 0 Å². The Morgan fingerprint density at radius 1 is 1.14 bits per heavy atom. The van der Waals surface area contributed by atoms with Gasteiger partial charge in [0.1, 0.15) is 11.5 Å². The third-order valence-corrected chi connectivity index (χ3v) is 6.66. The molecule has 1 aromatic heterocycles. The zero-order chi connectivity index (χ0) is 20.3. The Hall–Kier alpha value is -2.12. The second kappa shape index (κ2) is 8.49. The van der Waals surface area contributed by atoms with Crippen molar-refractivity contribution in [2.45, 2.75) is 63.8 Å². The quantitative estimate of drug-likeness (QED) is 0.741. The van der Waals surface area contributed by atoms with Gasteiger partial charge in [0, 0.05) is 18.5 Å². The molecule has 0 aliphatic heterocycles. The molecule has 2 aromatic rings. The van der Waals surface area contributed by atoms with Crippen LogP contribution >= 0.6 is 0 Å². The molecule has 0 saturated carbocycles. The third-order valence-electron chi connectivity index (χ3n) is 5.20. The summed E-state index contributed by atoms with van der Waals surface area (Å²) in [7, 11) is -3.62. The van der Waals surface area contributed by atoms with Crippen molar-refractivity contribution in [2.24, 2.45) is 0 Å². The lowest BCUT2D eigenvalue weighted by Crippen LogP contribution is -2.32. The van der Waals surface area contributed by atoms with Crippen LogP contribution in [0.5, 0.6) is 0 Å². The molecule has 0 saturated heterocycles. The molecule has 1 aromatic carbocycles. The Kier molecular flexibility index (Phi) is 6.25. The molecule has 1 atom stereocenters. The molecule has 0 fully saturated rings. The molecule has 1 aliphatic rings. The molecule has 152 valence electrons. The summed E-state index contributed by atoms with van der Waals surface area (Å²) in [6, 6.07) is 7.04. The van der Waals surface area contributed by atoms with Crippen LogP contribution in [-0.2, 0) is 27.7 Å². The summed E-state index contributed by atoms with van der Waals surface area (Å²) in [5.41, 5.74) is 3.29. The van der Waals surface area contributed by atoms with Gasteiger partial charge in [-0.25, -0.2) is 13.1 Å². The van der Waals surface area contributed by atoms with Gasteiger partial charge in [0.25, 0.3) is 0 Å². The first-order valence-corrected chi connectivity index (χ1v) is 11.2. The van der Waals surface area contributed by atoms with E-state index < -0.39 is 10.0 Å². The monoisotopic (exact) mass is 404 g/mol. The maximum atomic E-state index is 12.5. The SMILES string of the molecule is Cc1cc(C(C)NC(=O)CCNS(=O)(=O)c2ccc3c(c2)CCCC3)c(C)o1. The topological polar surface area (TPSA) is 88.4 Å². The predicted molar refractivity (Wildman–Crippen MR) is 108 cm³/mol. The average Bonchev–Trinajstić information content (AvgIpc) is 2.99. The van der Waals surface area contributed by atoms with Crippen molar-refractivity contribution in [3.05, 3.63) is 52.5 Å². The molecule has 0 bridgehead atoms. The predicted octanol–water partition coefficient (Wildman–Crippen LogP) is 3.32. The van der Waals surface area contributed by atoms with E-state index in [1.165, 1.54) is 5.56 Å². The van der Waals surface area contributed by atoms with Gasteiger partial charge in [0.05, 0.1) is 10.9 Å². The van der Waals surface area contributed by atoms with Crippen molar-refractivity contribution in [2.75, 3.05) is 6.54 Å². The number of hydrogen-bond donors (Lipinski definition) is 2. The van der Waals surface area contributed by atoms with Crippen LogP contribution in [0, 0.1) is 13.8 Å². The van der Waals surface area contributed by atoms with E-state index in [1.807, 2.05) is 32.9 Å². The van der Waals surface area contributed by atoms with Crippen LogP contribution in [0.1, 0.15) is 60.4 Å². The Morgan fingerprint density at radius 3 is 2.54 bits per heavy atom. The van der Waals surface area contributed by atoms with E-state index in [4.69, 9.17) is 4.42 Å². The highest BCUT2D eigenvalue weighted by molar-refractivity contribution is 7.89. The smallest absolute Gasteiger partial charge is 0.240 e. The highest BCUT2D eigenvalue weighted by Gasteiger charge is 2.19. The van der Waals surface area contributed by atoms with Gasteiger partial charge in [-0.3, -0.25) is 4.79 Å². The van der Waals surface area contributed by atoms with Crippen LogP contribution < -0.4 is 10.0 Å². The maximum absolute atomic E-state index is 12.5. The number of amides is 1. The fourth-order valence-electron chi connectivity index (χ4n) is 3.73. The van der Waals surface area contributed by atoms with Crippen molar-refractivity contribution >= 4 is 15.9 Å². The number of carbonyl (C=O) groups excluding carboxylic acids is 1. The largest absolute Gasteiger partial charge is 0.466 e. The first-order valence-electron chi connectivity index (χ1n) is 9.74. The number of rotatable bonds is 7.